The van der Waals surface area contributed by atoms with Gasteiger partial charge in [0.25, 0.3) is 0 Å². The van der Waals surface area contributed by atoms with Gasteiger partial charge < -0.3 is 10.1 Å². The second-order valence-corrected chi connectivity index (χ2v) is 5.00. The second kappa shape index (κ2) is 7.24. The van der Waals surface area contributed by atoms with E-state index >= 15 is 0 Å². The van der Waals surface area contributed by atoms with Crippen LogP contribution < -0.4 is 5.32 Å². The first-order valence-electron chi connectivity index (χ1n) is 6.53. The fraction of sp³-hybridized carbons (Fsp3) is 1.00. The lowest BCUT2D eigenvalue weighted by atomic mass is 9.92. The van der Waals surface area contributed by atoms with Crippen LogP contribution in [0.2, 0.25) is 0 Å². The summed E-state index contributed by atoms with van der Waals surface area (Å²) >= 11 is 0. The average molecular weight is 213 g/mol. The predicted octanol–water partition coefficient (Wildman–Crippen LogP) is 2.97. The molecule has 1 saturated carbocycles. The summed E-state index contributed by atoms with van der Waals surface area (Å²) in [7, 11) is 2.10. The van der Waals surface area contributed by atoms with Gasteiger partial charge in [-0.15, -0.1) is 0 Å². The first kappa shape index (κ1) is 13.0. The molecule has 0 amide bonds. The van der Waals surface area contributed by atoms with Crippen LogP contribution in [0.1, 0.15) is 52.4 Å². The number of nitrogens with one attached hydrogen (secondary N) is 1. The van der Waals surface area contributed by atoms with Gasteiger partial charge in [0.1, 0.15) is 0 Å². The molecule has 0 aromatic rings. The Morgan fingerprint density at radius 3 is 2.60 bits per heavy atom. The summed E-state index contributed by atoms with van der Waals surface area (Å²) in [5, 5.41) is 3.48. The van der Waals surface area contributed by atoms with E-state index in [0.29, 0.717) is 6.10 Å². The van der Waals surface area contributed by atoms with Crippen molar-refractivity contribution in [1.29, 1.82) is 0 Å². The van der Waals surface area contributed by atoms with Gasteiger partial charge in [0.05, 0.1) is 6.10 Å². The van der Waals surface area contributed by atoms with Crippen LogP contribution in [0.25, 0.3) is 0 Å². The zero-order valence-corrected chi connectivity index (χ0v) is 10.6. The van der Waals surface area contributed by atoms with Crippen LogP contribution in [0.3, 0.4) is 0 Å². The van der Waals surface area contributed by atoms with Crippen LogP contribution in [0.4, 0.5) is 0 Å². The monoisotopic (exact) mass is 213 g/mol. The van der Waals surface area contributed by atoms with Gasteiger partial charge in [0, 0.05) is 12.6 Å². The van der Waals surface area contributed by atoms with E-state index in [2.05, 4.69) is 26.2 Å². The molecular weight excluding hydrogens is 186 g/mol. The molecule has 90 valence electrons. The molecule has 0 aromatic carbocycles. The topological polar surface area (TPSA) is 21.3 Å². The first-order valence-corrected chi connectivity index (χ1v) is 6.53. The van der Waals surface area contributed by atoms with Crippen molar-refractivity contribution in [2.75, 3.05) is 13.7 Å². The Kier molecular flexibility index (Phi) is 6.26. The van der Waals surface area contributed by atoms with Crippen molar-refractivity contribution in [3.05, 3.63) is 0 Å². The van der Waals surface area contributed by atoms with Gasteiger partial charge in [-0.1, -0.05) is 19.3 Å². The van der Waals surface area contributed by atoms with Crippen molar-refractivity contribution in [2.45, 2.75) is 64.5 Å². The van der Waals surface area contributed by atoms with E-state index in [1.807, 2.05) is 0 Å². The van der Waals surface area contributed by atoms with Crippen LogP contribution in [-0.2, 0) is 4.74 Å². The minimum Gasteiger partial charge on any atom is -0.379 e. The van der Waals surface area contributed by atoms with Crippen LogP contribution in [0.15, 0.2) is 0 Å². The molecule has 0 saturated heterocycles. The predicted molar refractivity (Wildman–Crippen MR) is 65.1 cm³/mol. The van der Waals surface area contributed by atoms with E-state index < -0.39 is 0 Å². The molecule has 0 spiro atoms. The lowest BCUT2D eigenvalue weighted by Gasteiger charge is -2.25. The fourth-order valence-electron chi connectivity index (χ4n) is 2.57. The molecule has 0 aromatic heterocycles. The minimum absolute atomic E-state index is 0.379. The molecule has 2 heteroatoms. The van der Waals surface area contributed by atoms with E-state index in [1.54, 1.807) is 0 Å². The Labute approximate surface area is 94.8 Å². The summed E-state index contributed by atoms with van der Waals surface area (Å²) in [6.07, 6.45) is 8.56. The number of rotatable bonds is 5. The third-order valence-corrected chi connectivity index (χ3v) is 3.47. The number of hydrogen-bond donors (Lipinski definition) is 1. The summed E-state index contributed by atoms with van der Waals surface area (Å²) in [6, 6.07) is 0.725. The Morgan fingerprint density at radius 2 is 1.93 bits per heavy atom. The van der Waals surface area contributed by atoms with E-state index in [-0.39, 0.29) is 0 Å². The quantitative estimate of drug-likeness (QED) is 0.709. The molecule has 0 radical (unpaired) electrons. The molecule has 0 heterocycles. The fourth-order valence-corrected chi connectivity index (χ4v) is 2.57. The first-order chi connectivity index (χ1) is 7.24. The Balaban J connectivity index is 2.28. The summed E-state index contributed by atoms with van der Waals surface area (Å²) in [5.41, 5.74) is 0. The van der Waals surface area contributed by atoms with Crippen molar-refractivity contribution >= 4 is 0 Å². The van der Waals surface area contributed by atoms with Gasteiger partial charge in [-0.25, -0.2) is 0 Å². The highest BCUT2D eigenvalue weighted by molar-refractivity contribution is 4.78. The van der Waals surface area contributed by atoms with Crippen LogP contribution in [0, 0.1) is 5.92 Å². The Bertz CT molecular complexity index is 159. The maximum absolute atomic E-state index is 5.65. The molecule has 0 aliphatic heterocycles. The summed E-state index contributed by atoms with van der Waals surface area (Å²) in [4.78, 5) is 0. The van der Waals surface area contributed by atoms with Crippen LogP contribution in [-0.4, -0.2) is 25.8 Å². The lowest BCUT2D eigenvalue weighted by Crippen LogP contribution is -2.33. The van der Waals surface area contributed by atoms with E-state index in [4.69, 9.17) is 4.74 Å². The SMILES string of the molecule is CNC1CCCCCC1CCOC(C)C. The summed E-state index contributed by atoms with van der Waals surface area (Å²) in [5.74, 6) is 0.830. The molecular formula is C13H27NO. The zero-order chi connectivity index (χ0) is 11.1. The Hall–Kier alpha value is -0.0800. The number of hydrogen-bond acceptors (Lipinski definition) is 2. The zero-order valence-electron chi connectivity index (χ0n) is 10.6. The Morgan fingerprint density at radius 1 is 1.20 bits per heavy atom. The smallest absolute Gasteiger partial charge is 0.0518 e. The molecule has 0 bridgehead atoms. The molecule has 1 rings (SSSR count). The van der Waals surface area contributed by atoms with E-state index in [0.717, 1.165) is 18.6 Å². The highest BCUT2D eigenvalue weighted by atomic mass is 16.5. The molecule has 15 heavy (non-hydrogen) atoms. The van der Waals surface area contributed by atoms with Crippen LogP contribution >= 0.6 is 0 Å². The van der Waals surface area contributed by atoms with Crippen molar-refractivity contribution in [3.8, 4) is 0 Å². The molecule has 1 N–H and O–H groups in total. The van der Waals surface area contributed by atoms with Gasteiger partial charge in [-0.3, -0.25) is 0 Å². The normalized spacial score (nSPS) is 28.0. The van der Waals surface area contributed by atoms with Gasteiger partial charge in [-0.2, -0.15) is 0 Å². The van der Waals surface area contributed by atoms with Crippen molar-refractivity contribution in [1.82, 2.24) is 5.32 Å². The third-order valence-electron chi connectivity index (χ3n) is 3.47. The lowest BCUT2D eigenvalue weighted by molar-refractivity contribution is 0.0640. The highest BCUT2D eigenvalue weighted by Gasteiger charge is 2.21. The van der Waals surface area contributed by atoms with Gasteiger partial charge in [-0.05, 0) is 46.1 Å². The molecule has 1 fully saturated rings. The van der Waals surface area contributed by atoms with Gasteiger partial charge in [0.15, 0.2) is 0 Å². The molecule has 1 aliphatic carbocycles. The van der Waals surface area contributed by atoms with Crippen molar-refractivity contribution in [3.63, 3.8) is 0 Å². The molecule has 2 unspecified atom stereocenters. The summed E-state index contributed by atoms with van der Waals surface area (Å²) in [6.45, 7) is 5.16. The van der Waals surface area contributed by atoms with E-state index in [1.165, 1.54) is 38.5 Å². The standard InChI is InChI=1S/C13H27NO/c1-11(2)15-10-9-12-7-5-4-6-8-13(12)14-3/h11-14H,4-10H2,1-3H3. The largest absolute Gasteiger partial charge is 0.379 e. The minimum atomic E-state index is 0.379. The van der Waals surface area contributed by atoms with Gasteiger partial charge >= 0.3 is 0 Å². The van der Waals surface area contributed by atoms with Crippen molar-refractivity contribution < 1.29 is 4.74 Å². The maximum atomic E-state index is 5.65. The molecule has 1 aliphatic rings. The number of ether oxygens (including phenoxy) is 1. The maximum Gasteiger partial charge on any atom is 0.0518 e. The molecule has 2 nitrogen and oxygen atoms in total. The summed E-state index contributed by atoms with van der Waals surface area (Å²) < 4.78 is 5.65. The van der Waals surface area contributed by atoms with E-state index in [9.17, 15) is 0 Å². The van der Waals surface area contributed by atoms with Crippen molar-refractivity contribution in [2.24, 2.45) is 5.92 Å². The highest BCUT2D eigenvalue weighted by Crippen LogP contribution is 2.25. The molecule has 2 atom stereocenters. The average Bonchev–Trinajstić information content (AvgIpc) is 2.42. The second-order valence-electron chi connectivity index (χ2n) is 5.00. The third kappa shape index (κ3) is 4.98. The van der Waals surface area contributed by atoms with Crippen LogP contribution in [0.5, 0.6) is 0 Å². The van der Waals surface area contributed by atoms with Gasteiger partial charge in [0.2, 0.25) is 0 Å².